The van der Waals surface area contributed by atoms with Crippen LogP contribution >= 0.6 is 0 Å². The Bertz CT molecular complexity index is 4740. The van der Waals surface area contributed by atoms with E-state index in [0.717, 1.165) is 61.3 Å². The molecule has 0 aliphatic rings. The Morgan fingerprint density at radius 1 is 0.224 bits per heavy atom. The molecular weight excluding hydrogens is 919 g/mol. The molecule has 2 nitrogen and oxygen atoms in total. The van der Waals surface area contributed by atoms with E-state index in [1.54, 1.807) is 0 Å². The van der Waals surface area contributed by atoms with Gasteiger partial charge in [0.05, 0.1) is 5.69 Å². The topological polar surface area (TPSA) is 16.4 Å². The van der Waals surface area contributed by atoms with Gasteiger partial charge in [0.15, 0.2) is 5.58 Å². The van der Waals surface area contributed by atoms with Crippen molar-refractivity contribution in [2.45, 2.75) is 0 Å². The van der Waals surface area contributed by atoms with Crippen LogP contribution in [0.1, 0.15) is 0 Å². The molecule has 0 N–H and O–H groups in total. The van der Waals surface area contributed by atoms with Gasteiger partial charge in [-0.2, -0.15) is 0 Å². The van der Waals surface area contributed by atoms with Crippen LogP contribution in [0.15, 0.2) is 290 Å². The van der Waals surface area contributed by atoms with Crippen LogP contribution in [0.3, 0.4) is 0 Å². The molecule has 0 spiro atoms. The fraction of sp³-hybridized carbons (Fsp3) is 0. The van der Waals surface area contributed by atoms with Crippen LogP contribution in [0, 0.1) is 0 Å². The minimum atomic E-state index is 0.840. The van der Waals surface area contributed by atoms with Crippen LogP contribution in [0.4, 0.5) is 17.1 Å². The van der Waals surface area contributed by atoms with Gasteiger partial charge in [0.1, 0.15) is 5.58 Å². The fourth-order valence-corrected chi connectivity index (χ4v) is 11.9. The molecule has 0 saturated carbocycles. The maximum absolute atomic E-state index is 7.26. The standard InChI is InChI=1S/C74H47NO/c1-2-15-51(16-3-1)70-47-59-19-7-9-22-64(59)72-69-28-13-29-71(73(69)76-74(70)72)75(60-40-36-49(37-41-60)54-32-33-57-46-58(35-34-56(57)45-54)55-31-30-48-14-4-5-18-53(48)44-55)61-42-38-52(39-43-61)63-23-11-26-67-66(63)25-12-27-68(67)65-24-10-20-50-17-6-8-21-62(50)65/h1-47H. The molecule has 0 bridgehead atoms. The normalized spacial score (nSPS) is 11.7. The van der Waals surface area contributed by atoms with Crippen LogP contribution in [0.5, 0.6) is 0 Å². The lowest BCUT2D eigenvalue weighted by Crippen LogP contribution is -2.10. The van der Waals surface area contributed by atoms with Gasteiger partial charge in [-0.05, 0) is 159 Å². The quantitative estimate of drug-likeness (QED) is 0.151. The van der Waals surface area contributed by atoms with Gasteiger partial charge in [0.2, 0.25) is 0 Å². The Hall–Kier alpha value is -10.0. The molecule has 2 heteroatoms. The number of furan rings is 1. The Kier molecular flexibility index (Phi) is 10.2. The minimum Gasteiger partial charge on any atom is -0.453 e. The number of fused-ring (bicyclic) bond motifs is 9. The van der Waals surface area contributed by atoms with E-state index in [0.29, 0.717) is 0 Å². The van der Waals surface area contributed by atoms with Gasteiger partial charge in [-0.25, -0.2) is 0 Å². The van der Waals surface area contributed by atoms with Crippen LogP contribution in [0.2, 0.25) is 0 Å². The molecule has 0 unspecified atom stereocenters. The predicted octanol–water partition coefficient (Wildman–Crippen LogP) is 21.2. The highest BCUT2D eigenvalue weighted by Crippen LogP contribution is 2.47. The summed E-state index contributed by atoms with van der Waals surface area (Å²) in [6.45, 7) is 0. The van der Waals surface area contributed by atoms with Gasteiger partial charge in [-0.1, -0.05) is 231 Å². The lowest BCUT2D eigenvalue weighted by Gasteiger charge is -2.26. The molecule has 0 aliphatic carbocycles. The SMILES string of the molecule is c1ccc(-c2cc3ccccc3c3c2oc2c(N(c4ccc(-c5ccc6cc(-c7ccc8ccccc8c7)ccc6c5)cc4)c4ccc(-c5cccc6c(-c7cccc8ccccc78)cccc56)cc4)cccc23)cc1. The summed E-state index contributed by atoms with van der Waals surface area (Å²) in [4.78, 5) is 2.36. The molecule has 1 heterocycles. The number of rotatable bonds is 8. The lowest BCUT2D eigenvalue weighted by molar-refractivity contribution is 0.670. The summed E-state index contributed by atoms with van der Waals surface area (Å²) >= 11 is 0. The van der Waals surface area contributed by atoms with Gasteiger partial charge in [-0.15, -0.1) is 0 Å². The van der Waals surface area contributed by atoms with E-state index >= 15 is 0 Å². The molecule has 0 aliphatic heterocycles. The smallest absolute Gasteiger partial charge is 0.159 e. The van der Waals surface area contributed by atoms with Gasteiger partial charge in [-0.3, -0.25) is 0 Å². The molecular formula is C74H47NO. The van der Waals surface area contributed by atoms with Crippen molar-refractivity contribution in [3.8, 4) is 55.6 Å². The largest absolute Gasteiger partial charge is 0.453 e. The highest BCUT2D eigenvalue weighted by atomic mass is 16.3. The average Bonchev–Trinajstić information content (AvgIpc) is 3.95. The van der Waals surface area contributed by atoms with E-state index in [-0.39, 0.29) is 0 Å². The molecule has 0 saturated heterocycles. The van der Waals surface area contributed by atoms with Crippen molar-refractivity contribution < 1.29 is 4.42 Å². The van der Waals surface area contributed by atoms with Crippen molar-refractivity contribution in [1.29, 1.82) is 0 Å². The molecule has 0 radical (unpaired) electrons. The second-order valence-corrected chi connectivity index (χ2v) is 20.0. The van der Waals surface area contributed by atoms with Crippen molar-refractivity contribution in [2.24, 2.45) is 0 Å². The van der Waals surface area contributed by atoms with Crippen LogP contribution < -0.4 is 4.90 Å². The zero-order valence-corrected chi connectivity index (χ0v) is 41.5. The summed E-state index contributed by atoms with van der Waals surface area (Å²) in [5, 5.41) is 14.5. The summed E-state index contributed by atoms with van der Waals surface area (Å²) in [5.41, 5.74) is 16.6. The maximum Gasteiger partial charge on any atom is 0.159 e. The molecule has 1 aromatic heterocycles. The van der Waals surface area contributed by atoms with Crippen molar-refractivity contribution in [3.05, 3.63) is 285 Å². The molecule has 0 amide bonds. The number of hydrogen-bond acceptors (Lipinski definition) is 2. The molecule has 15 rings (SSSR count). The summed E-state index contributed by atoms with van der Waals surface area (Å²) in [6, 6.07) is 104. The molecule has 15 aromatic rings. The number of para-hydroxylation sites is 1. The van der Waals surface area contributed by atoms with Crippen molar-refractivity contribution in [2.75, 3.05) is 4.90 Å². The summed E-state index contributed by atoms with van der Waals surface area (Å²) < 4.78 is 7.26. The molecule has 354 valence electrons. The Balaban J connectivity index is 0.852. The third-order valence-corrected chi connectivity index (χ3v) is 15.6. The lowest BCUT2D eigenvalue weighted by atomic mass is 9.91. The van der Waals surface area contributed by atoms with Gasteiger partial charge < -0.3 is 9.32 Å². The van der Waals surface area contributed by atoms with Crippen molar-refractivity contribution in [1.82, 2.24) is 0 Å². The Labute approximate surface area is 440 Å². The second-order valence-electron chi connectivity index (χ2n) is 20.0. The first-order chi connectivity index (χ1) is 37.7. The van der Waals surface area contributed by atoms with E-state index in [1.807, 2.05) is 0 Å². The maximum atomic E-state index is 7.26. The highest BCUT2D eigenvalue weighted by molar-refractivity contribution is 6.24. The Morgan fingerprint density at radius 3 is 1.38 bits per heavy atom. The first kappa shape index (κ1) is 43.6. The minimum absolute atomic E-state index is 0.840. The summed E-state index contributed by atoms with van der Waals surface area (Å²) in [5.74, 6) is 0. The van der Waals surface area contributed by atoms with Crippen LogP contribution in [0.25, 0.3) is 131 Å². The number of benzene rings is 14. The zero-order chi connectivity index (χ0) is 50.1. The Morgan fingerprint density at radius 2 is 0.671 bits per heavy atom. The summed E-state index contributed by atoms with van der Waals surface area (Å²) in [7, 11) is 0. The second kappa shape index (κ2) is 17.9. The number of anilines is 3. The first-order valence-electron chi connectivity index (χ1n) is 26.1. The zero-order valence-electron chi connectivity index (χ0n) is 41.5. The molecule has 0 atom stereocenters. The van der Waals surface area contributed by atoms with Crippen LogP contribution in [-0.4, -0.2) is 0 Å². The van der Waals surface area contributed by atoms with Crippen LogP contribution in [-0.2, 0) is 0 Å². The van der Waals surface area contributed by atoms with Crippen molar-refractivity contribution >= 4 is 92.9 Å². The predicted molar refractivity (Wildman–Crippen MR) is 323 cm³/mol. The number of nitrogens with zero attached hydrogens (tertiary/aromatic N) is 1. The molecule has 14 aromatic carbocycles. The van der Waals surface area contributed by atoms with Gasteiger partial charge in [0.25, 0.3) is 0 Å². The first-order valence-corrected chi connectivity index (χ1v) is 26.1. The molecule has 76 heavy (non-hydrogen) atoms. The van der Waals surface area contributed by atoms with Gasteiger partial charge >= 0.3 is 0 Å². The fourth-order valence-electron chi connectivity index (χ4n) is 11.9. The van der Waals surface area contributed by atoms with E-state index in [4.69, 9.17) is 4.42 Å². The van der Waals surface area contributed by atoms with E-state index in [2.05, 4.69) is 290 Å². The third kappa shape index (κ3) is 7.34. The number of hydrogen-bond donors (Lipinski definition) is 0. The monoisotopic (exact) mass is 965 g/mol. The van der Waals surface area contributed by atoms with Gasteiger partial charge in [0, 0.05) is 27.7 Å². The van der Waals surface area contributed by atoms with E-state index in [9.17, 15) is 0 Å². The van der Waals surface area contributed by atoms with E-state index in [1.165, 1.54) is 87.2 Å². The molecule has 0 fully saturated rings. The highest BCUT2D eigenvalue weighted by Gasteiger charge is 2.23. The third-order valence-electron chi connectivity index (χ3n) is 15.6. The summed E-state index contributed by atoms with van der Waals surface area (Å²) in [6.07, 6.45) is 0. The average molecular weight is 966 g/mol. The van der Waals surface area contributed by atoms with E-state index < -0.39 is 0 Å². The van der Waals surface area contributed by atoms with Crippen molar-refractivity contribution in [3.63, 3.8) is 0 Å².